The van der Waals surface area contributed by atoms with Crippen molar-refractivity contribution in [1.82, 2.24) is 5.32 Å². The van der Waals surface area contributed by atoms with Crippen LogP contribution in [-0.2, 0) is 0 Å². The van der Waals surface area contributed by atoms with Crippen LogP contribution in [0.5, 0.6) is 0 Å². The molecule has 108 valence electrons. The molecule has 0 amide bonds. The molecule has 0 bridgehead atoms. The maximum absolute atomic E-state index is 9.54. The van der Waals surface area contributed by atoms with E-state index in [4.69, 9.17) is 0 Å². The van der Waals surface area contributed by atoms with Gasteiger partial charge in [0.1, 0.15) is 0 Å². The molecule has 3 rings (SSSR count). The standard InChI is InChI=1S/C18H25NO/c1-13(11-14-5-3-2-4-6-14)17-12-18(17)19-15-7-9-16(20)10-8-15/h2-6,11,15-20H,7-10,12H2,1H3/b13-11+/t15?,16?,17-,18?/m0/s1. The second kappa shape index (κ2) is 6.11. The first kappa shape index (κ1) is 13.8. The Morgan fingerprint density at radius 1 is 1.15 bits per heavy atom. The Labute approximate surface area is 121 Å². The number of hydrogen-bond donors (Lipinski definition) is 2. The fourth-order valence-electron chi connectivity index (χ4n) is 3.35. The quantitative estimate of drug-likeness (QED) is 0.880. The largest absolute Gasteiger partial charge is 0.393 e. The number of aliphatic hydroxyl groups excluding tert-OH is 1. The van der Waals surface area contributed by atoms with E-state index in [1.54, 1.807) is 0 Å². The van der Waals surface area contributed by atoms with E-state index >= 15 is 0 Å². The number of hydrogen-bond acceptors (Lipinski definition) is 2. The van der Waals surface area contributed by atoms with Crippen molar-refractivity contribution < 1.29 is 5.11 Å². The van der Waals surface area contributed by atoms with Gasteiger partial charge in [0.15, 0.2) is 0 Å². The molecule has 2 heteroatoms. The van der Waals surface area contributed by atoms with Crippen LogP contribution in [0.3, 0.4) is 0 Å². The first-order valence-corrected chi connectivity index (χ1v) is 7.90. The minimum Gasteiger partial charge on any atom is -0.393 e. The summed E-state index contributed by atoms with van der Waals surface area (Å²) in [5, 5.41) is 13.3. The van der Waals surface area contributed by atoms with Crippen molar-refractivity contribution in [2.75, 3.05) is 0 Å². The van der Waals surface area contributed by atoms with Gasteiger partial charge >= 0.3 is 0 Å². The topological polar surface area (TPSA) is 32.3 Å². The first-order chi connectivity index (χ1) is 9.72. The van der Waals surface area contributed by atoms with Gasteiger partial charge in [-0.3, -0.25) is 0 Å². The van der Waals surface area contributed by atoms with E-state index in [0.29, 0.717) is 18.0 Å². The van der Waals surface area contributed by atoms with Crippen LogP contribution in [0, 0.1) is 5.92 Å². The van der Waals surface area contributed by atoms with Crippen LogP contribution in [0.4, 0.5) is 0 Å². The van der Waals surface area contributed by atoms with E-state index < -0.39 is 0 Å². The highest BCUT2D eigenvalue weighted by molar-refractivity contribution is 5.53. The summed E-state index contributed by atoms with van der Waals surface area (Å²) in [6.07, 6.45) is 7.73. The maximum atomic E-state index is 9.54. The van der Waals surface area contributed by atoms with Crippen LogP contribution >= 0.6 is 0 Å². The van der Waals surface area contributed by atoms with Gasteiger partial charge in [0.2, 0.25) is 0 Å². The molecular weight excluding hydrogens is 246 g/mol. The van der Waals surface area contributed by atoms with Gasteiger partial charge in [-0.25, -0.2) is 0 Å². The second-order valence-electron chi connectivity index (χ2n) is 6.42. The van der Waals surface area contributed by atoms with E-state index in [0.717, 1.165) is 25.7 Å². The zero-order valence-electron chi connectivity index (χ0n) is 12.3. The fraction of sp³-hybridized carbons (Fsp3) is 0.556. The second-order valence-corrected chi connectivity index (χ2v) is 6.42. The molecule has 2 nitrogen and oxygen atoms in total. The molecule has 1 unspecified atom stereocenters. The summed E-state index contributed by atoms with van der Waals surface area (Å²) in [5.74, 6) is 0.710. The van der Waals surface area contributed by atoms with Crippen molar-refractivity contribution in [2.24, 2.45) is 5.92 Å². The van der Waals surface area contributed by atoms with E-state index in [9.17, 15) is 5.11 Å². The number of aliphatic hydroxyl groups is 1. The van der Waals surface area contributed by atoms with Gasteiger partial charge in [-0.1, -0.05) is 42.0 Å². The van der Waals surface area contributed by atoms with Gasteiger partial charge in [0.25, 0.3) is 0 Å². The Balaban J connectivity index is 1.50. The van der Waals surface area contributed by atoms with E-state index in [1.807, 2.05) is 0 Å². The highest BCUT2D eigenvalue weighted by Crippen LogP contribution is 2.39. The molecule has 0 heterocycles. The molecule has 20 heavy (non-hydrogen) atoms. The van der Waals surface area contributed by atoms with Gasteiger partial charge in [-0.2, -0.15) is 0 Å². The van der Waals surface area contributed by atoms with Gasteiger partial charge < -0.3 is 10.4 Å². The van der Waals surface area contributed by atoms with E-state index in [-0.39, 0.29) is 6.10 Å². The van der Waals surface area contributed by atoms with Crippen LogP contribution in [0.1, 0.15) is 44.6 Å². The van der Waals surface area contributed by atoms with Gasteiger partial charge in [0.05, 0.1) is 6.10 Å². The van der Waals surface area contributed by atoms with Crippen molar-refractivity contribution in [2.45, 2.75) is 57.2 Å². The van der Waals surface area contributed by atoms with Crippen molar-refractivity contribution >= 4 is 6.08 Å². The monoisotopic (exact) mass is 271 g/mol. The summed E-state index contributed by atoms with van der Waals surface area (Å²) < 4.78 is 0. The molecule has 2 N–H and O–H groups in total. The normalized spacial score (nSPS) is 34.0. The molecule has 2 saturated carbocycles. The third kappa shape index (κ3) is 3.50. The Hall–Kier alpha value is -1.12. The van der Waals surface area contributed by atoms with Crippen molar-refractivity contribution in [3.05, 3.63) is 41.5 Å². The minimum absolute atomic E-state index is 0.0530. The summed E-state index contributed by atoms with van der Waals surface area (Å²) in [7, 11) is 0. The number of benzene rings is 1. The lowest BCUT2D eigenvalue weighted by Crippen LogP contribution is -2.36. The molecule has 0 saturated heterocycles. The lowest BCUT2D eigenvalue weighted by molar-refractivity contribution is 0.116. The van der Waals surface area contributed by atoms with Crippen LogP contribution < -0.4 is 5.32 Å². The maximum Gasteiger partial charge on any atom is 0.0541 e. The highest BCUT2D eigenvalue weighted by atomic mass is 16.3. The first-order valence-electron chi connectivity index (χ1n) is 7.90. The molecule has 0 aliphatic heterocycles. The Kier molecular flexibility index (Phi) is 4.23. The summed E-state index contributed by atoms with van der Waals surface area (Å²) in [6.45, 7) is 2.25. The summed E-state index contributed by atoms with van der Waals surface area (Å²) in [5.41, 5.74) is 2.79. The molecule has 0 aromatic heterocycles. The summed E-state index contributed by atoms with van der Waals surface area (Å²) in [6, 6.07) is 11.9. The smallest absolute Gasteiger partial charge is 0.0541 e. The lowest BCUT2D eigenvalue weighted by Gasteiger charge is -2.26. The van der Waals surface area contributed by atoms with Crippen molar-refractivity contribution in [3.8, 4) is 0 Å². The van der Waals surface area contributed by atoms with Gasteiger partial charge in [-0.05, 0) is 50.5 Å². The Morgan fingerprint density at radius 2 is 1.85 bits per heavy atom. The minimum atomic E-state index is -0.0530. The molecule has 2 atom stereocenters. The zero-order chi connectivity index (χ0) is 13.9. The van der Waals surface area contributed by atoms with Crippen molar-refractivity contribution in [3.63, 3.8) is 0 Å². The Bertz CT molecular complexity index is 460. The molecule has 2 aliphatic rings. The third-order valence-corrected chi connectivity index (χ3v) is 4.72. The molecule has 1 aromatic rings. The zero-order valence-corrected chi connectivity index (χ0v) is 12.3. The lowest BCUT2D eigenvalue weighted by atomic mass is 9.93. The predicted molar refractivity (Wildman–Crippen MR) is 83.4 cm³/mol. The molecule has 0 spiro atoms. The third-order valence-electron chi connectivity index (χ3n) is 4.72. The van der Waals surface area contributed by atoms with E-state index in [1.165, 1.54) is 17.6 Å². The Morgan fingerprint density at radius 3 is 2.55 bits per heavy atom. The highest BCUT2D eigenvalue weighted by Gasteiger charge is 2.39. The average Bonchev–Trinajstić information content (AvgIpc) is 3.22. The molecular formula is C18H25NO. The van der Waals surface area contributed by atoms with Crippen LogP contribution in [-0.4, -0.2) is 23.3 Å². The van der Waals surface area contributed by atoms with Crippen LogP contribution in [0.25, 0.3) is 6.08 Å². The molecule has 1 aromatic carbocycles. The molecule has 2 fully saturated rings. The van der Waals surface area contributed by atoms with Gasteiger partial charge in [0, 0.05) is 12.1 Å². The van der Waals surface area contributed by atoms with Crippen LogP contribution in [0.2, 0.25) is 0 Å². The molecule has 2 aliphatic carbocycles. The van der Waals surface area contributed by atoms with Crippen LogP contribution in [0.15, 0.2) is 35.9 Å². The molecule has 0 radical (unpaired) electrons. The summed E-state index contributed by atoms with van der Waals surface area (Å²) in [4.78, 5) is 0. The fourth-order valence-corrected chi connectivity index (χ4v) is 3.35. The van der Waals surface area contributed by atoms with Gasteiger partial charge in [-0.15, -0.1) is 0 Å². The summed E-state index contributed by atoms with van der Waals surface area (Å²) >= 11 is 0. The van der Waals surface area contributed by atoms with Crippen molar-refractivity contribution in [1.29, 1.82) is 0 Å². The number of nitrogens with one attached hydrogen (secondary N) is 1. The average molecular weight is 271 g/mol. The van der Waals surface area contributed by atoms with E-state index in [2.05, 4.69) is 48.6 Å². The SMILES string of the molecule is C/C(=C\c1ccccc1)[C@@H]1CC1NC1CCC(O)CC1. The predicted octanol–water partition coefficient (Wildman–Crippen LogP) is 3.37. The number of rotatable bonds is 4.